The third-order valence-electron chi connectivity index (χ3n) is 1.27. The van der Waals surface area contributed by atoms with Gasteiger partial charge in [0.2, 0.25) is 0 Å². The van der Waals surface area contributed by atoms with Gasteiger partial charge in [-0.3, -0.25) is 4.98 Å². The van der Waals surface area contributed by atoms with Gasteiger partial charge in [-0.15, -0.1) is 0 Å². The monoisotopic (exact) mass is 122 g/mol. The molecule has 1 aromatic heterocycles. The highest BCUT2D eigenvalue weighted by Gasteiger charge is 2.10. The molecule has 0 radical (unpaired) electrons. The van der Waals surface area contributed by atoms with Crippen molar-refractivity contribution in [3.8, 4) is 5.75 Å². The van der Waals surface area contributed by atoms with Crippen LogP contribution in [0.2, 0.25) is 0 Å². The summed E-state index contributed by atoms with van der Waals surface area (Å²) < 4.78 is 0. The largest absolute Gasteiger partial charge is 0.406 e. The van der Waals surface area contributed by atoms with E-state index in [2.05, 4.69) is 10.5 Å². The van der Waals surface area contributed by atoms with Gasteiger partial charge in [0.25, 0.3) is 0 Å². The standard InChI is InChI=1S/C6H6N2O/c1-2-6-5(7-3-1)4-8-9-6/h1-3,8H,4H2. The normalized spacial score (nSPS) is 14.7. The second-order valence-electron chi connectivity index (χ2n) is 1.87. The van der Waals surface area contributed by atoms with Gasteiger partial charge in [-0.1, -0.05) is 0 Å². The lowest BCUT2D eigenvalue weighted by molar-refractivity contribution is 0.224. The van der Waals surface area contributed by atoms with Gasteiger partial charge < -0.3 is 4.84 Å². The van der Waals surface area contributed by atoms with Crippen LogP contribution in [0.5, 0.6) is 5.75 Å². The lowest BCUT2D eigenvalue weighted by Gasteiger charge is -1.91. The molecule has 1 aliphatic rings. The predicted octanol–water partition coefficient (Wildman–Crippen LogP) is 0.479. The Morgan fingerprint density at radius 1 is 1.67 bits per heavy atom. The van der Waals surface area contributed by atoms with Crippen LogP contribution in [0.4, 0.5) is 0 Å². The van der Waals surface area contributed by atoms with Crippen LogP contribution in [-0.4, -0.2) is 4.98 Å². The average Bonchev–Trinajstić information content (AvgIpc) is 2.33. The third-order valence-corrected chi connectivity index (χ3v) is 1.27. The Morgan fingerprint density at radius 2 is 2.67 bits per heavy atom. The highest BCUT2D eigenvalue weighted by atomic mass is 16.7. The lowest BCUT2D eigenvalue weighted by Crippen LogP contribution is -2.07. The molecule has 1 aromatic rings. The van der Waals surface area contributed by atoms with Crippen molar-refractivity contribution in [3.05, 3.63) is 24.0 Å². The van der Waals surface area contributed by atoms with Gasteiger partial charge in [-0.2, -0.15) is 5.48 Å². The molecule has 0 bridgehead atoms. The first-order valence-electron chi connectivity index (χ1n) is 2.80. The fourth-order valence-electron chi connectivity index (χ4n) is 0.831. The van der Waals surface area contributed by atoms with Gasteiger partial charge in [0.1, 0.15) is 5.69 Å². The van der Waals surface area contributed by atoms with Crippen LogP contribution < -0.4 is 10.3 Å². The minimum atomic E-state index is 0.718. The van der Waals surface area contributed by atoms with Crippen molar-refractivity contribution in [1.82, 2.24) is 10.5 Å². The van der Waals surface area contributed by atoms with E-state index in [1.165, 1.54) is 0 Å². The van der Waals surface area contributed by atoms with Gasteiger partial charge >= 0.3 is 0 Å². The van der Waals surface area contributed by atoms with Crippen LogP contribution >= 0.6 is 0 Å². The molecule has 0 saturated heterocycles. The van der Waals surface area contributed by atoms with Gasteiger partial charge in [0.15, 0.2) is 5.75 Å². The van der Waals surface area contributed by atoms with Crippen molar-refractivity contribution in [2.75, 3.05) is 0 Å². The summed E-state index contributed by atoms with van der Waals surface area (Å²) in [5.74, 6) is 0.845. The van der Waals surface area contributed by atoms with Crippen molar-refractivity contribution < 1.29 is 4.84 Å². The van der Waals surface area contributed by atoms with Gasteiger partial charge in [0, 0.05) is 6.20 Å². The maximum Gasteiger partial charge on any atom is 0.170 e. The zero-order chi connectivity index (χ0) is 6.10. The molecular weight excluding hydrogens is 116 g/mol. The van der Waals surface area contributed by atoms with Crippen molar-refractivity contribution in [3.63, 3.8) is 0 Å². The molecule has 0 aromatic carbocycles. The number of rotatable bonds is 0. The maximum absolute atomic E-state index is 4.99. The van der Waals surface area contributed by atoms with Crippen LogP contribution in [-0.2, 0) is 6.54 Å². The molecule has 3 heteroatoms. The molecule has 0 spiro atoms. The summed E-state index contributed by atoms with van der Waals surface area (Å²) in [6, 6.07) is 3.74. The summed E-state index contributed by atoms with van der Waals surface area (Å²) in [5.41, 5.74) is 3.71. The van der Waals surface area contributed by atoms with Crippen LogP contribution in [0.3, 0.4) is 0 Å². The van der Waals surface area contributed by atoms with E-state index >= 15 is 0 Å². The Labute approximate surface area is 52.6 Å². The Hall–Kier alpha value is -1.09. The summed E-state index contributed by atoms with van der Waals surface area (Å²) in [6.07, 6.45) is 1.76. The zero-order valence-corrected chi connectivity index (χ0v) is 4.79. The molecule has 2 rings (SSSR count). The molecule has 9 heavy (non-hydrogen) atoms. The van der Waals surface area contributed by atoms with E-state index in [9.17, 15) is 0 Å². The smallest absolute Gasteiger partial charge is 0.170 e. The number of hydrogen-bond donors (Lipinski definition) is 1. The van der Waals surface area contributed by atoms with Crippen LogP contribution in [0.15, 0.2) is 18.3 Å². The highest BCUT2D eigenvalue weighted by Crippen LogP contribution is 2.17. The van der Waals surface area contributed by atoms with Crippen LogP contribution in [0.1, 0.15) is 5.69 Å². The fourth-order valence-corrected chi connectivity index (χ4v) is 0.831. The van der Waals surface area contributed by atoms with E-state index in [0.717, 1.165) is 18.0 Å². The molecule has 0 amide bonds. The number of nitrogens with one attached hydrogen (secondary N) is 1. The number of hydroxylamine groups is 1. The molecule has 2 heterocycles. The summed E-state index contributed by atoms with van der Waals surface area (Å²) in [5, 5.41) is 0. The lowest BCUT2D eigenvalue weighted by atomic mass is 10.3. The van der Waals surface area contributed by atoms with Gasteiger partial charge in [-0.05, 0) is 12.1 Å². The third kappa shape index (κ3) is 0.658. The van der Waals surface area contributed by atoms with Crippen LogP contribution in [0.25, 0.3) is 0 Å². The van der Waals surface area contributed by atoms with Crippen molar-refractivity contribution in [2.45, 2.75) is 6.54 Å². The number of aromatic nitrogens is 1. The maximum atomic E-state index is 4.99. The summed E-state index contributed by atoms with van der Waals surface area (Å²) in [6.45, 7) is 0.718. The minimum absolute atomic E-state index is 0.718. The quantitative estimate of drug-likeness (QED) is 0.543. The molecule has 3 nitrogen and oxygen atoms in total. The van der Waals surface area contributed by atoms with E-state index in [4.69, 9.17) is 4.84 Å². The Bertz CT molecular complexity index is 201. The van der Waals surface area contributed by atoms with E-state index in [1.54, 1.807) is 6.20 Å². The first-order valence-corrected chi connectivity index (χ1v) is 2.80. The first kappa shape index (κ1) is 4.76. The average molecular weight is 122 g/mol. The zero-order valence-electron chi connectivity index (χ0n) is 4.79. The number of fused-ring (bicyclic) bond motifs is 1. The minimum Gasteiger partial charge on any atom is -0.406 e. The second kappa shape index (κ2) is 1.70. The molecule has 0 aliphatic carbocycles. The fraction of sp³-hybridized carbons (Fsp3) is 0.167. The molecule has 1 N–H and O–H groups in total. The van der Waals surface area contributed by atoms with E-state index in [-0.39, 0.29) is 0 Å². The second-order valence-corrected chi connectivity index (χ2v) is 1.87. The van der Waals surface area contributed by atoms with E-state index < -0.39 is 0 Å². The molecule has 46 valence electrons. The number of hydrogen-bond acceptors (Lipinski definition) is 3. The van der Waals surface area contributed by atoms with Gasteiger partial charge in [0.05, 0.1) is 6.54 Å². The number of pyridine rings is 1. The Morgan fingerprint density at radius 3 is 3.56 bits per heavy atom. The van der Waals surface area contributed by atoms with E-state index in [0.29, 0.717) is 0 Å². The number of nitrogens with zero attached hydrogens (tertiary/aromatic N) is 1. The van der Waals surface area contributed by atoms with Crippen LogP contribution in [0, 0.1) is 0 Å². The Balaban J connectivity index is 2.54. The molecule has 1 aliphatic heterocycles. The highest BCUT2D eigenvalue weighted by molar-refractivity contribution is 5.28. The van der Waals surface area contributed by atoms with E-state index in [1.807, 2.05) is 12.1 Å². The first-order chi connectivity index (χ1) is 4.47. The molecular formula is C6H6N2O. The Kier molecular flexibility index (Phi) is 0.899. The van der Waals surface area contributed by atoms with Crippen molar-refractivity contribution >= 4 is 0 Å². The summed E-state index contributed by atoms with van der Waals surface area (Å²) in [7, 11) is 0. The van der Waals surface area contributed by atoms with Gasteiger partial charge in [-0.25, -0.2) is 0 Å². The molecule has 0 atom stereocenters. The summed E-state index contributed by atoms with van der Waals surface area (Å²) >= 11 is 0. The topological polar surface area (TPSA) is 34.1 Å². The molecule has 0 unspecified atom stereocenters. The summed E-state index contributed by atoms with van der Waals surface area (Å²) in [4.78, 5) is 9.06. The SMILES string of the molecule is c1cnc2c(c1)ONC2. The van der Waals surface area contributed by atoms with Crippen molar-refractivity contribution in [2.24, 2.45) is 0 Å². The predicted molar refractivity (Wildman–Crippen MR) is 31.7 cm³/mol. The molecule has 0 fully saturated rings. The van der Waals surface area contributed by atoms with Crippen molar-refractivity contribution in [1.29, 1.82) is 0 Å². The molecule has 0 saturated carbocycles.